The van der Waals surface area contributed by atoms with Crippen LogP contribution in [-0.2, 0) is 9.84 Å². The van der Waals surface area contributed by atoms with Gasteiger partial charge in [-0.2, -0.15) is 0 Å². The molecule has 0 saturated carbocycles. The molecule has 0 aromatic heterocycles. The Kier molecular flexibility index (Phi) is 3.99. The van der Waals surface area contributed by atoms with Gasteiger partial charge in [-0.3, -0.25) is 0 Å². The highest BCUT2D eigenvalue weighted by Gasteiger charge is 2.43. The van der Waals surface area contributed by atoms with Gasteiger partial charge in [-0.25, -0.2) is 8.42 Å². The summed E-state index contributed by atoms with van der Waals surface area (Å²) in [5.41, 5.74) is 0.822. The SMILES string of the molecule is CCCC1C(NCC)c2cc(Cl)ccc2S1(=O)=O. The average molecular weight is 288 g/mol. The second-order valence-electron chi connectivity index (χ2n) is 4.59. The molecule has 0 bridgehead atoms. The number of hydrogen-bond acceptors (Lipinski definition) is 3. The van der Waals surface area contributed by atoms with E-state index in [0.29, 0.717) is 16.3 Å². The first-order valence-electron chi connectivity index (χ1n) is 6.29. The zero-order valence-electron chi connectivity index (χ0n) is 10.6. The molecule has 100 valence electrons. The van der Waals surface area contributed by atoms with Gasteiger partial charge in [-0.15, -0.1) is 0 Å². The van der Waals surface area contributed by atoms with Crippen molar-refractivity contribution in [3.05, 3.63) is 28.8 Å². The molecule has 5 heteroatoms. The van der Waals surface area contributed by atoms with Crippen LogP contribution in [0.1, 0.15) is 38.3 Å². The standard InChI is InChI=1S/C13H18ClNO2S/c1-3-5-12-13(15-4-2)10-8-9(14)6-7-11(10)18(12,16)17/h6-8,12-13,15H,3-5H2,1-2H3. The van der Waals surface area contributed by atoms with E-state index < -0.39 is 9.84 Å². The van der Waals surface area contributed by atoms with Crippen LogP contribution in [0.25, 0.3) is 0 Å². The lowest BCUT2D eigenvalue weighted by molar-refractivity contribution is 0.492. The van der Waals surface area contributed by atoms with Crippen molar-refractivity contribution < 1.29 is 8.42 Å². The van der Waals surface area contributed by atoms with Crippen LogP contribution in [-0.4, -0.2) is 20.2 Å². The van der Waals surface area contributed by atoms with Crippen molar-refractivity contribution in [3.8, 4) is 0 Å². The molecule has 0 amide bonds. The summed E-state index contributed by atoms with van der Waals surface area (Å²) in [4.78, 5) is 0.441. The van der Waals surface area contributed by atoms with Crippen molar-refractivity contribution in [2.24, 2.45) is 0 Å². The van der Waals surface area contributed by atoms with E-state index in [-0.39, 0.29) is 11.3 Å². The molecule has 2 unspecified atom stereocenters. The van der Waals surface area contributed by atoms with Gasteiger partial charge >= 0.3 is 0 Å². The van der Waals surface area contributed by atoms with E-state index in [0.717, 1.165) is 18.5 Å². The Labute approximate surface area is 113 Å². The van der Waals surface area contributed by atoms with E-state index in [2.05, 4.69) is 5.32 Å². The predicted molar refractivity (Wildman–Crippen MR) is 73.8 cm³/mol. The fraction of sp³-hybridized carbons (Fsp3) is 0.538. The number of benzene rings is 1. The third kappa shape index (κ3) is 2.17. The number of sulfone groups is 1. The van der Waals surface area contributed by atoms with Crippen molar-refractivity contribution in [2.75, 3.05) is 6.54 Å². The average Bonchev–Trinajstić information content (AvgIpc) is 2.51. The van der Waals surface area contributed by atoms with Gasteiger partial charge in [0, 0.05) is 5.02 Å². The minimum Gasteiger partial charge on any atom is -0.309 e. The van der Waals surface area contributed by atoms with Crippen LogP contribution < -0.4 is 5.32 Å². The van der Waals surface area contributed by atoms with E-state index in [1.54, 1.807) is 18.2 Å². The fourth-order valence-corrected chi connectivity index (χ4v) is 5.06. The van der Waals surface area contributed by atoms with Gasteiger partial charge in [0.25, 0.3) is 0 Å². The van der Waals surface area contributed by atoms with Crippen molar-refractivity contribution >= 4 is 21.4 Å². The van der Waals surface area contributed by atoms with Gasteiger partial charge in [0.15, 0.2) is 9.84 Å². The molecule has 1 aromatic rings. The van der Waals surface area contributed by atoms with Gasteiger partial charge in [-0.05, 0) is 36.7 Å². The first-order chi connectivity index (χ1) is 8.52. The van der Waals surface area contributed by atoms with E-state index in [1.165, 1.54) is 0 Å². The Hall–Kier alpha value is -0.580. The second kappa shape index (κ2) is 5.19. The van der Waals surface area contributed by atoms with E-state index >= 15 is 0 Å². The lowest BCUT2D eigenvalue weighted by atomic mass is 10.0. The quantitative estimate of drug-likeness (QED) is 0.926. The van der Waals surface area contributed by atoms with Crippen LogP contribution in [0.3, 0.4) is 0 Å². The largest absolute Gasteiger partial charge is 0.309 e. The molecule has 0 fully saturated rings. The van der Waals surface area contributed by atoms with Crippen LogP contribution in [0.5, 0.6) is 0 Å². The first-order valence-corrected chi connectivity index (χ1v) is 8.21. The van der Waals surface area contributed by atoms with Crippen molar-refractivity contribution in [1.82, 2.24) is 5.32 Å². The van der Waals surface area contributed by atoms with E-state index in [9.17, 15) is 8.42 Å². The molecule has 0 spiro atoms. The van der Waals surface area contributed by atoms with Crippen LogP contribution in [0.15, 0.2) is 23.1 Å². The minimum atomic E-state index is -3.22. The van der Waals surface area contributed by atoms with Gasteiger partial charge in [0.1, 0.15) is 0 Å². The first kappa shape index (κ1) is 13.8. The maximum absolute atomic E-state index is 12.5. The number of rotatable bonds is 4. The Balaban J connectivity index is 2.55. The summed E-state index contributed by atoms with van der Waals surface area (Å²) in [5, 5.41) is 3.50. The number of fused-ring (bicyclic) bond motifs is 1. The summed E-state index contributed by atoms with van der Waals surface area (Å²) in [6.45, 7) is 4.74. The molecule has 1 aromatic carbocycles. The van der Waals surface area contributed by atoms with Crippen LogP contribution in [0.2, 0.25) is 5.02 Å². The molecule has 1 aliphatic heterocycles. The minimum absolute atomic E-state index is 0.131. The lowest BCUT2D eigenvalue weighted by Crippen LogP contribution is -2.31. The summed E-state index contributed by atoms with van der Waals surface area (Å²) in [6.07, 6.45) is 1.53. The van der Waals surface area contributed by atoms with Crippen LogP contribution in [0, 0.1) is 0 Å². The van der Waals surface area contributed by atoms with Gasteiger partial charge in [-0.1, -0.05) is 31.9 Å². The molecule has 1 N–H and O–H groups in total. The molecule has 3 nitrogen and oxygen atoms in total. The Morgan fingerprint density at radius 1 is 1.33 bits per heavy atom. The summed E-state index contributed by atoms with van der Waals surface area (Å²) in [5.74, 6) is 0. The van der Waals surface area contributed by atoms with Crippen molar-refractivity contribution in [3.63, 3.8) is 0 Å². The van der Waals surface area contributed by atoms with Gasteiger partial charge < -0.3 is 5.32 Å². The highest BCUT2D eigenvalue weighted by atomic mass is 35.5. The molecular weight excluding hydrogens is 270 g/mol. The highest BCUT2D eigenvalue weighted by Crippen LogP contribution is 2.42. The van der Waals surface area contributed by atoms with Crippen molar-refractivity contribution in [2.45, 2.75) is 42.9 Å². The molecule has 18 heavy (non-hydrogen) atoms. The molecule has 1 aliphatic rings. The fourth-order valence-electron chi connectivity index (χ4n) is 2.63. The predicted octanol–water partition coefficient (Wildman–Crippen LogP) is 2.95. The van der Waals surface area contributed by atoms with Crippen LogP contribution >= 0.6 is 11.6 Å². The topological polar surface area (TPSA) is 46.2 Å². The second-order valence-corrected chi connectivity index (χ2v) is 7.16. The molecule has 0 saturated heterocycles. The zero-order chi connectivity index (χ0) is 13.3. The molecular formula is C13H18ClNO2S. The summed E-state index contributed by atoms with van der Waals surface area (Å²) >= 11 is 5.98. The summed E-state index contributed by atoms with van der Waals surface area (Å²) < 4.78 is 25.0. The molecule has 0 aliphatic carbocycles. The van der Waals surface area contributed by atoms with Crippen molar-refractivity contribution in [1.29, 1.82) is 0 Å². The Morgan fingerprint density at radius 3 is 2.67 bits per heavy atom. The number of nitrogens with one attached hydrogen (secondary N) is 1. The van der Waals surface area contributed by atoms with E-state index in [1.807, 2.05) is 13.8 Å². The van der Waals surface area contributed by atoms with Crippen LogP contribution in [0.4, 0.5) is 0 Å². The maximum Gasteiger partial charge on any atom is 0.183 e. The summed E-state index contributed by atoms with van der Waals surface area (Å²) in [6, 6.07) is 4.92. The molecule has 0 radical (unpaired) electrons. The van der Waals surface area contributed by atoms with Gasteiger partial charge in [0.2, 0.25) is 0 Å². The Morgan fingerprint density at radius 2 is 2.06 bits per heavy atom. The Bertz CT molecular complexity index is 542. The normalized spacial score (nSPS) is 25.1. The third-order valence-electron chi connectivity index (χ3n) is 3.38. The van der Waals surface area contributed by atoms with Gasteiger partial charge in [0.05, 0.1) is 16.2 Å². The monoisotopic (exact) mass is 287 g/mol. The molecule has 2 atom stereocenters. The van der Waals surface area contributed by atoms with E-state index in [4.69, 9.17) is 11.6 Å². The lowest BCUT2D eigenvalue weighted by Gasteiger charge is -2.19. The number of hydrogen-bond donors (Lipinski definition) is 1. The number of halogens is 1. The zero-order valence-corrected chi connectivity index (χ0v) is 12.2. The summed E-state index contributed by atoms with van der Waals surface area (Å²) in [7, 11) is -3.22. The molecule has 2 rings (SSSR count). The smallest absolute Gasteiger partial charge is 0.183 e. The highest BCUT2D eigenvalue weighted by molar-refractivity contribution is 7.92. The third-order valence-corrected chi connectivity index (χ3v) is 5.91. The maximum atomic E-state index is 12.5. The molecule has 1 heterocycles.